The Morgan fingerprint density at radius 2 is 2.21 bits per heavy atom. The molecule has 0 aromatic heterocycles. The van der Waals surface area contributed by atoms with Crippen LogP contribution in [0.1, 0.15) is 27.2 Å². The lowest BCUT2D eigenvalue weighted by molar-refractivity contribution is 0.285. The highest BCUT2D eigenvalue weighted by molar-refractivity contribution is 9.10. The quantitative estimate of drug-likeness (QED) is 0.921. The predicted molar refractivity (Wildman–Crippen MR) is 84.2 cm³/mol. The number of benzene rings is 1. The number of nitrogens with zero attached hydrogens (tertiary/aromatic N) is 1. The normalized spacial score (nSPS) is 27.4. The molecule has 1 heterocycles. The summed E-state index contributed by atoms with van der Waals surface area (Å²) in [5.41, 5.74) is 1.40. The Labute approximate surface area is 124 Å². The van der Waals surface area contributed by atoms with E-state index in [0.29, 0.717) is 6.04 Å². The van der Waals surface area contributed by atoms with E-state index in [1.807, 2.05) is 6.07 Å². The molecule has 1 aromatic carbocycles. The molecule has 106 valence electrons. The Morgan fingerprint density at radius 3 is 2.84 bits per heavy atom. The zero-order chi connectivity index (χ0) is 14.0. The first-order chi connectivity index (χ1) is 8.97. The Morgan fingerprint density at radius 1 is 1.47 bits per heavy atom. The van der Waals surface area contributed by atoms with Crippen molar-refractivity contribution in [2.45, 2.75) is 38.8 Å². The summed E-state index contributed by atoms with van der Waals surface area (Å²) in [6.45, 7) is 8.82. The summed E-state index contributed by atoms with van der Waals surface area (Å²) in [5, 5.41) is 3.65. The molecule has 1 aromatic rings. The molecule has 2 rings (SSSR count). The van der Waals surface area contributed by atoms with Crippen molar-refractivity contribution in [2.24, 2.45) is 0 Å². The standard InChI is InChI=1S/C15H23BrN2O/c1-5-15(3)10-18(11(2)9-17-15)13-6-12(16)7-14(8-13)19-4/h6-8,11,17H,5,9-10H2,1-4H3. The summed E-state index contributed by atoms with van der Waals surface area (Å²) in [6, 6.07) is 6.76. The Bertz CT molecular complexity index is 452. The maximum atomic E-state index is 5.37. The minimum atomic E-state index is 0.183. The van der Waals surface area contributed by atoms with Crippen molar-refractivity contribution in [3.63, 3.8) is 0 Å². The van der Waals surface area contributed by atoms with Crippen LogP contribution in [0, 0.1) is 0 Å². The van der Waals surface area contributed by atoms with Gasteiger partial charge in [0, 0.05) is 40.9 Å². The number of hydrogen-bond acceptors (Lipinski definition) is 3. The van der Waals surface area contributed by atoms with Crippen molar-refractivity contribution in [3.8, 4) is 5.75 Å². The summed E-state index contributed by atoms with van der Waals surface area (Å²) in [5.74, 6) is 0.897. The van der Waals surface area contributed by atoms with E-state index in [0.717, 1.165) is 29.7 Å². The fourth-order valence-corrected chi connectivity index (χ4v) is 2.97. The number of rotatable bonds is 3. The Hall–Kier alpha value is -0.740. The summed E-state index contributed by atoms with van der Waals surface area (Å²) < 4.78 is 6.43. The lowest BCUT2D eigenvalue weighted by Crippen LogP contribution is -2.62. The zero-order valence-electron chi connectivity index (χ0n) is 12.2. The van der Waals surface area contributed by atoms with E-state index in [4.69, 9.17) is 4.74 Å². The lowest BCUT2D eigenvalue weighted by atomic mass is 9.93. The number of nitrogens with one attached hydrogen (secondary N) is 1. The molecule has 2 atom stereocenters. The molecule has 0 spiro atoms. The first kappa shape index (κ1) is 14.7. The average Bonchev–Trinajstić information content (AvgIpc) is 2.41. The molecule has 0 bridgehead atoms. The van der Waals surface area contributed by atoms with Crippen LogP contribution in [0.25, 0.3) is 0 Å². The molecule has 1 aliphatic heterocycles. The van der Waals surface area contributed by atoms with Gasteiger partial charge in [0.1, 0.15) is 5.75 Å². The van der Waals surface area contributed by atoms with Gasteiger partial charge in [-0.3, -0.25) is 0 Å². The van der Waals surface area contributed by atoms with E-state index in [1.54, 1.807) is 7.11 Å². The van der Waals surface area contributed by atoms with Gasteiger partial charge in [0.05, 0.1) is 7.11 Å². The molecule has 1 N–H and O–H groups in total. The van der Waals surface area contributed by atoms with Gasteiger partial charge in [0.25, 0.3) is 0 Å². The van der Waals surface area contributed by atoms with Crippen LogP contribution in [0.5, 0.6) is 5.75 Å². The van der Waals surface area contributed by atoms with E-state index in [2.05, 4.69) is 59.1 Å². The van der Waals surface area contributed by atoms with Crippen molar-refractivity contribution >= 4 is 21.6 Å². The molecule has 1 aliphatic rings. The SMILES string of the molecule is CCC1(C)CN(c2cc(Br)cc(OC)c2)C(C)CN1. The van der Waals surface area contributed by atoms with Crippen LogP contribution >= 0.6 is 15.9 Å². The van der Waals surface area contributed by atoms with Crippen molar-refractivity contribution in [1.29, 1.82) is 0 Å². The predicted octanol–water partition coefficient (Wildman–Crippen LogP) is 3.42. The van der Waals surface area contributed by atoms with E-state index in [9.17, 15) is 0 Å². The first-order valence-electron chi connectivity index (χ1n) is 6.83. The van der Waals surface area contributed by atoms with Gasteiger partial charge in [0.15, 0.2) is 0 Å². The largest absolute Gasteiger partial charge is 0.497 e. The maximum absolute atomic E-state index is 5.37. The van der Waals surface area contributed by atoms with Crippen molar-refractivity contribution < 1.29 is 4.74 Å². The van der Waals surface area contributed by atoms with Gasteiger partial charge in [-0.05, 0) is 32.4 Å². The summed E-state index contributed by atoms with van der Waals surface area (Å²) in [6.07, 6.45) is 1.13. The topological polar surface area (TPSA) is 24.5 Å². The van der Waals surface area contributed by atoms with Gasteiger partial charge in [-0.2, -0.15) is 0 Å². The van der Waals surface area contributed by atoms with Crippen LogP contribution in [0.3, 0.4) is 0 Å². The van der Waals surface area contributed by atoms with Crippen LogP contribution in [0.2, 0.25) is 0 Å². The highest BCUT2D eigenvalue weighted by atomic mass is 79.9. The molecule has 1 fully saturated rings. The molecular formula is C15H23BrN2O. The van der Waals surface area contributed by atoms with E-state index in [1.165, 1.54) is 5.69 Å². The smallest absolute Gasteiger partial charge is 0.122 e. The second-order valence-corrected chi connectivity index (χ2v) is 6.54. The molecule has 0 amide bonds. The van der Waals surface area contributed by atoms with Gasteiger partial charge in [-0.1, -0.05) is 22.9 Å². The van der Waals surface area contributed by atoms with Crippen LogP contribution < -0.4 is 15.0 Å². The summed E-state index contributed by atoms with van der Waals surface area (Å²) >= 11 is 3.56. The molecule has 3 nitrogen and oxygen atoms in total. The number of methoxy groups -OCH3 is 1. The van der Waals surface area contributed by atoms with Gasteiger partial charge in [-0.15, -0.1) is 0 Å². The minimum absolute atomic E-state index is 0.183. The number of halogens is 1. The third kappa shape index (κ3) is 3.23. The van der Waals surface area contributed by atoms with E-state index < -0.39 is 0 Å². The fourth-order valence-electron chi connectivity index (χ4n) is 2.51. The molecular weight excluding hydrogens is 304 g/mol. The second kappa shape index (κ2) is 5.71. The summed E-state index contributed by atoms with van der Waals surface area (Å²) in [7, 11) is 1.71. The van der Waals surface area contributed by atoms with Crippen LogP contribution in [0.15, 0.2) is 22.7 Å². The van der Waals surface area contributed by atoms with Gasteiger partial charge < -0.3 is 15.0 Å². The van der Waals surface area contributed by atoms with Crippen molar-refractivity contribution in [3.05, 3.63) is 22.7 Å². The molecule has 1 saturated heterocycles. The molecule has 0 saturated carbocycles. The van der Waals surface area contributed by atoms with Crippen molar-refractivity contribution in [2.75, 3.05) is 25.1 Å². The van der Waals surface area contributed by atoms with Gasteiger partial charge in [0.2, 0.25) is 0 Å². The van der Waals surface area contributed by atoms with Gasteiger partial charge in [-0.25, -0.2) is 0 Å². The number of ether oxygens (including phenoxy) is 1. The monoisotopic (exact) mass is 326 g/mol. The second-order valence-electron chi connectivity index (χ2n) is 5.62. The third-order valence-electron chi connectivity index (χ3n) is 4.08. The molecule has 0 radical (unpaired) electrons. The van der Waals surface area contributed by atoms with Crippen LogP contribution in [-0.4, -0.2) is 31.8 Å². The zero-order valence-corrected chi connectivity index (χ0v) is 13.8. The minimum Gasteiger partial charge on any atom is -0.497 e. The Balaban J connectivity index is 2.30. The third-order valence-corrected chi connectivity index (χ3v) is 4.54. The van der Waals surface area contributed by atoms with Crippen LogP contribution in [0.4, 0.5) is 5.69 Å². The Kier molecular flexibility index (Phi) is 4.41. The fraction of sp³-hybridized carbons (Fsp3) is 0.600. The average molecular weight is 327 g/mol. The first-order valence-corrected chi connectivity index (χ1v) is 7.63. The molecule has 0 aliphatic carbocycles. The highest BCUT2D eigenvalue weighted by Gasteiger charge is 2.32. The van der Waals surface area contributed by atoms with E-state index >= 15 is 0 Å². The van der Waals surface area contributed by atoms with Crippen LogP contribution in [-0.2, 0) is 0 Å². The molecule has 4 heteroatoms. The number of hydrogen-bond donors (Lipinski definition) is 1. The number of anilines is 1. The van der Waals surface area contributed by atoms with E-state index in [-0.39, 0.29) is 5.54 Å². The number of piperazine rings is 1. The highest BCUT2D eigenvalue weighted by Crippen LogP contribution is 2.31. The maximum Gasteiger partial charge on any atom is 0.122 e. The van der Waals surface area contributed by atoms with Gasteiger partial charge >= 0.3 is 0 Å². The lowest BCUT2D eigenvalue weighted by Gasteiger charge is -2.46. The summed E-state index contributed by atoms with van der Waals surface area (Å²) in [4.78, 5) is 2.47. The molecule has 19 heavy (non-hydrogen) atoms. The van der Waals surface area contributed by atoms with Crippen molar-refractivity contribution in [1.82, 2.24) is 5.32 Å². The molecule has 2 unspecified atom stereocenters.